The fourth-order valence-electron chi connectivity index (χ4n) is 2.49. The molecule has 0 aromatic heterocycles. The highest BCUT2D eigenvalue weighted by Gasteiger charge is 2.38. The summed E-state index contributed by atoms with van der Waals surface area (Å²) in [5, 5.41) is 0.643. The van der Waals surface area contributed by atoms with Gasteiger partial charge in [0.05, 0.1) is 10.2 Å². The van der Waals surface area contributed by atoms with E-state index in [1.165, 1.54) is 0 Å². The van der Waals surface area contributed by atoms with Crippen LogP contribution in [0.2, 0.25) is 5.02 Å². The molecule has 0 spiro atoms. The van der Waals surface area contributed by atoms with Gasteiger partial charge in [0.2, 0.25) is 0 Å². The second-order valence-corrected chi connectivity index (χ2v) is 11.3. The molecule has 1 aromatic rings. The molecular weight excluding hydrogens is 395 g/mol. The van der Waals surface area contributed by atoms with Crippen molar-refractivity contribution < 1.29 is 28.0 Å². The van der Waals surface area contributed by atoms with E-state index >= 15 is 0 Å². The summed E-state index contributed by atoms with van der Waals surface area (Å²) in [7, 11) is -5.81. The van der Waals surface area contributed by atoms with Crippen LogP contribution >= 0.6 is 22.4 Å². The van der Waals surface area contributed by atoms with Crippen LogP contribution in [0.5, 0.6) is 0 Å². The van der Waals surface area contributed by atoms with Gasteiger partial charge in [0.15, 0.2) is 0 Å². The van der Waals surface area contributed by atoms with Crippen LogP contribution in [0.1, 0.15) is 47.1 Å². The molecule has 0 saturated heterocycles. The van der Waals surface area contributed by atoms with Crippen molar-refractivity contribution in [3.63, 3.8) is 0 Å². The first-order valence-corrected chi connectivity index (χ1v) is 10.9. The maximum absolute atomic E-state index is 11.4. The van der Waals surface area contributed by atoms with Crippen LogP contribution in [0.3, 0.4) is 0 Å². The van der Waals surface area contributed by atoms with E-state index in [9.17, 15) is 14.0 Å². The number of hydrogen-bond donors (Lipinski definition) is 0. The highest BCUT2D eigenvalue weighted by atomic mass is 35.7. The molecule has 0 N–H and O–H groups in total. The van der Waals surface area contributed by atoms with Gasteiger partial charge in [-0.2, -0.15) is 14.0 Å². The number of halogens is 2. The first-order valence-electron chi connectivity index (χ1n) is 8.11. The normalized spacial score (nSPS) is 19.3. The molecule has 1 atom stereocenters. The van der Waals surface area contributed by atoms with E-state index in [-0.39, 0.29) is 10.8 Å². The smallest absolute Gasteiger partial charge is 0.141 e. The van der Waals surface area contributed by atoms with E-state index in [0.29, 0.717) is 5.02 Å². The van der Waals surface area contributed by atoms with Gasteiger partial charge in [-0.05, 0) is 46.3 Å². The van der Waals surface area contributed by atoms with Crippen molar-refractivity contribution in [1.29, 1.82) is 0 Å². The highest BCUT2D eigenvalue weighted by Crippen LogP contribution is 2.49. The standard InChI is InChI=1S/C19H24Cl2O4S/c1-18(2,3)16-11-14(13-7-9-15(20)10-8-13)12-17(19(4,5)6)26(16)25-21(22,23)24/h7-12H,1-6H3. The molecule has 0 amide bonds. The lowest BCUT2D eigenvalue weighted by molar-refractivity contribution is -1.91. The summed E-state index contributed by atoms with van der Waals surface area (Å²) < 4.78 is 39.1. The molecule has 1 aromatic carbocycles. The Kier molecular flexibility index (Phi) is 6.16. The predicted molar refractivity (Wildman–Crippen MR) is 100 cm³/mol. The number of benzene rings is 1. The number of allylic oxidation sites excluding steroid dienone is 4. The van der Waals surface area contributed by atoms with Crippen LogP contribution in [0.25, 0.3) is 5.57 Å². The molecule has 0 bridgehead atoms. The second kappa shape index (κ2) is 7.40. The molecule has 7 heteroatoms. The minimum absolute atomic E-state index is 0.383. The molecule has 0 aliphatic carbocycles. The summed E-state index contributed by atoms with van der Waals surface area (Å²) in [5.41, 5.74) is 1.13. The summed E-state index contributed by atoms with van der Waals surface area (Å²) in [4.78, 5) is 1.53. The molecule has 0 fully saturated rings. The quantitative estimate of drug-likeness (QED) is 0.706. The average molecular weight is 419 g/mol. The zero-order chi connectivity index (χ0) is 19.9. The van der Waals surface area contributed by atoms with Crippen LogP contribution in [0.15, 0.2) is 41.3 Å². The summed E-state index contributed by atoms with van der Waals surface area (Å²) in [6, 6.07) is 7.45. The van der Waals surface area contributed by atoms with Gasteiger partial charge in [-0.1, -0.05) is 65.3 Å². The van der Waals surface area contributed by atoms with Crippen molar-refractivity contribution in [2.45, 2.75) is 41.5 Å². The Hall–Kier alpha value is -0.660. The highest BCUT2D eigenvalue weighted by molar-refractivity contribution is 8.15. The van der Waals surface area contributed by atoms with Crippen LogP contribution < -0.4 is 14.0 Å². The maximum atomic E-state index is 11.4. The average Bonchev–Trinajstić information content (AvgIpc) is 2.44. The van der Waals surface area contributed by atoms with Gasteiger partial charge in [0.25, 0.3) is 0 Å². The molecule has 144 valence electrons. The molecule has 0 radical (unpaired) electrons. The monoisotopic (exact) mass is 418 g/mol. The van der Waals surface area contributed by atoms with Gasteiger partial charge < -0.3 is 0 Å². The fraction of sp³-hybridized carbons (Fsp3) is 0.421. The lowest BCUT2D eigenvalue weighted by Gasteiger charge is -2.32. The third-order valence-corrected chi connectivity index (χ3v) is 7.40. The van der Waals surface area contributed by atoms with Crippen LogP contribution in [-0.2, 0) is 3.74 Å². The first kappa shape index (κ1) is 21.6. The Morgan fingerprint density at radius 2 is 1.42 bits per heavy atom. The van der Waals surface area contributed by atoms with E-state index in [2.05, 4.69) is 0 Å². The molecule has 2 rings (SSSR count). The third kappa shape index (κ3) is 5.42. The van der Waals surface area contributed by atoms with Crippen LogP contribution in [-0.4, -0.2) is 4.86 Å². The summed E-state index contributed by atoms with van der Waals surface area (Å²) >= 11 is 5.99. The predicted octanol–water partition coefficient (Wildman–Crippen LogP) is 2.98. The lowest BCUT2D eigenvalue weighted by Crippen LogP contribution is -2.60. The van der Waals surface area contributed by atoms with Gasteiger partial charge >= 0.3 is 0 Å². The molecule has 1 heterocycles. The minimum atomic E-state index is -4.55. The summed E-state index contributed by atoms with van der Waals surface area (Å²) in [6.45, 7) is 11.8. The zero-order valence-corrected chi connectivity index (χ0v) is 18.1. The van der Waals surface area contributed by atoms with Gasteiger partial charge in [-0.3, -0.25) is 0 Å². The molecule has 26 heavy (non-hydrogen) atoms. The van der Waals surface area contributed by atoms with E-state index in [1.54, 1.807) is 0 Å². The van der Waals surface area contributed by atoms with Crippen molar-refractivity contribution in [1.82, 2.24) is 0 Å². The number of rotatable bonds is 3. The molecule has 1 unspecified atom stereocenters. The van der Waals surface area contributed by atoms with Gasteiger partial charge in [-0.25, -0.2) is 0 Å². The van der Waals surface area contributed by atoms with Gasteiger partial charge in [-0.15, -0.1) is 0 Å². The Labute approximate surface area is 165 Å². The largest absolute Gasteiger partial charge is 0.182 e. The van der Waals surface area contributed by atoms with Crippen molar-refractivity contribution in [3.8, 4) is 0 Å². The minimum Gasteiger partial charge on any atom is -0.182 e. The zero-order valence-electron chi connectivity index (χ0n) is 15.8. The maximum Gasteiger partial charge on any atom is 0.141 e. The molecular formula is C19H24Cl2O4S. The molecule has 4 nitrogen and oxygen atoms in total. The van der Waals surface area contributed by atoms with E-state index in [0.717, 1.165) is 20.9 Å². The topological polar surface area (TPSA) is 78.4 Å². The van der Waals surface area contributed by atoms with E-state index < -0.39 is 21.0 Å². The Balaban J connectivity index is 2.74. The molecule has 0 saturated carbocycles. The Morgan fingerprint density at radius 3 is 1.85 bits per heavy atom. The number of hydrogen-bond acceptors (Lipinski definition) is 4. The fourth-order valence-corrected chi connectivity index (χ4v) is 5.60. The van der Waals surface area contributed by atoms with Crippen LogP contribution in [0, 0.1) is 21.1 Å². The third-order valence-electron chi connectivity index (χ3n) is 3.77. The molecule has 1 aliphatic rings. The second-order valence-electron chi connectivity index (χ2n) is 8.19. The van der Waals surface area contributed by atoms with Gasteiger partial charge in [0, 0.05) is 14.8 Å². The Morgan fingerprint density at radius 1 is 0.885 bits per heavy atom. The van der Waals surface area contributed by atoms with E-state index in [4.69, 9.17) is 15.3 Å². The summed E-state index contributed by atoms with van der Waals surface area (Å²) in [5.74, 6) is 0. The van der Waals surface area contributed by atoms with Crippen molar-refractivity contribution >= 4 is 32.8 Å². The molecule has 1 aliphatic heterocycles. The SMILES string of the molecule is CC(C)(C)C1=CC(c2ccc(Cl)cc2)=CC(C(C)(C)C)=S1O[Cl+3]([O-])([O-])[O-]. The van der Waals surface area contributed by atoms with Crippen LogP contribution in [0.4, 0.5) is 0 Å². The van der Waals surface area contributed by atoms with E-state index in [1.807, 2.05) is 78.0 Å². The summed E-state index contributed by atoms with van der Waals surface area (Å²) in [6.07, 6.45) is 3.84. The van der Waals surface area contributed by atoms with Gasteiger partial charge in [0.1, 0.15) is 14.5 Å². The lowest BCUT2D eigenvalue weighted by atomic mass is 9.88. The van der Waals surface area contributed by atoms with Crippen molar-refractivity contribution in [2.24, 2.45) is 10.8 Å². The Bertz CT molecular complexity index is 774. The van der Waals surface area contributed by atoms with Crippen molar-refractivity contribution in [3.05, 3.63) is 51.9 Å². The van der Waals surface area contributed by atoms with Crippen molar-refractivity contribution in [2.75, 3.05) is 0 Å². The first-order chi connectivity index (χ1) is 11.7.